The molecule has 1 unspecified atom stereocenters. The van der Waals surface area contributed by atoms with Gasteiger partial charge in [0.05, 0.1) is 6.54 Å². The van der Waals surface area contributed by atoms with Gasteiger partial charge in [-0.3, -0.25) is 9.59 Å². The predicted octanol–water partition coefficient (Wildman–Crippen LogP) is 5.51. The fraction of sp³-hybridized carbons (Fsp3) is 0.188. The van der Waals surface area contributed by atoms with Crippen molar-refractivity contribution in [3.63, 3.8) is 0 Å². The molecule has 39 heavy (non-hydrogen) atoms. The Labute approximate surface area is 225 Å². The summed E-state index contributed by atoms with van der Waals surface area (Å²) < 4.78 is 17.3. The van der Waals surface area contributed by atoms with Crippen LogP contribution in [0.4, 0.5) is 11.4 Å². The molecule has 3 aliphatic heterocycles. The van der Waals surface area contributed by atoms with E-state index in [9.17, 15) is 9.59 Å². The number of aryl methyl sites for hydroxylation is 2. The van der Waals surface area contributed by atoms with Crippen LogP contribution in [0.3, 0.4) is 0 Å². The van der Waals surface area contributed by atoms with Gasteiger partial charge in [0.2, 0.25) is 12.7 Å². The van der Waals surface area contributed by atoms with Crippen LogP contribution >= 0.6 is 0 Å². The minimum absolute atomic E-state index is 0.0914. The standard InChI is InChI=1S/C32H26N2O5/c1-19-8-7-9-20(2)29(19)33-30(35)22-11-4-3-10-21(22)16-34-25-13-6-5-12-23(25)32(31(34)36)17-37-26-15-28-27(14-24(26)32)38-18-39-28/h3-15H,16-18H2,1-2H3,(H,33,35). The van der Waals surface area contributed by atoms with Crippen molar-refractivity contribution in [1.82, 2.24) is 0 Å². The van der Waals surface area contributed by atoms with Crippen molar-refractivity contribution in [2.45, 2.75) is 25.8 Å². The smallest absolute Gasteiger partial charge is 0.256 e. The van der Waals surface area contributed by atoms with E-state index in [1.54, 1.807) is 17.0 Å². The molecule has 4 aromatic rings. The van der Waals surface area contributed by atoms with Gasteiger partial charge in [-0.2, -0.15) is 0 Å². The van der Waals surface area contributed by atoms with Crippen molar-refractivity contribution in [3.8, 4) is 17.2 Å². The normalized spacial score (nSPS) is 18.2. The van der Waals surface area contributed by atoms with Crippen LogP contribution in [0.2, 0.25) is 0 Å². The number of hydrogen-bond acceptors (Lipinski definition) is 5. The third-order valence-electron chi connectivity index (χ3n) is 7.95. The molecule has 1 spiro atoms. The monoisotopic (exact) mass is 518 g/mol. The van der Waals surface area contributed by atoms with Crippen molar-refractivity contribution < 1.29 is 23.8 Å². The minimum atomic E-state index is -0.998. The molecule has 0 saturated heterocycles. The van der Waals surface area contributed by atoms with Crippen LogP contribution < -0.4 is 24.4 Å². The number of nitrogens with zero attached hydrogens (tertiary/aromatic N) is 1. The van der Waals surface area contributed by atoms with Crippen molar-refractivity contribution in [2.75, 3.05) is 23.6 Å². The van der Waals surface area contributed by atoms with E-state index in [2.05, 4.69) is 5.32 Å². The number of nitrogens with one attached hydrogen (secondary N) is 1. The van der Waals surface area contributed by atoms with E-state index in [0.29, 0.717) is 22.8 Å². The number of para-hydroxylation sites is 2. The molecule has 0 radical (unpaired) electrons. The Morgan fingerprint density at radius 3 is 2.38 bits per heavy atom. The molecule has 1 atom stereocenters. The van der Waals surface area contributed by atoms with Crippen LogP contribution in [0.15, 0.2) is 78.9 Å². The zero-order chi connectivity index (χ0) is 26.7. The summed E-state index contributed by atoms with van der Waals surface area (Å²) in [6.07, 6.45) is 0. The summed E-state index contributed by atoms with van der Waals surface area (Å²) in [6.45, 7) is 4.52. The molecular weight excluding hydrogens is 492 g/mol. The number of rotatable bonds is 4. The van der Waals surface area contributed by atoms with Crippen molar-refractivity contribution in [2.24, 2.45) is 0 Å². The molecule has 0 saturated carbocycles. The number of carbonyl (C=O) groups is 2. The van der Waals surface area contributed by atoms with Gasteiger partial charge in [-0.1, -0.05) is 54.6 Å². The van der Waals surface area contributed by atoms with Crippen molar-refractivity contribution >= 4 is 23.2 Å². The predicted molar refractivity (Wildman–Crippen MR) is 147 cm³/mol. The Hall–Kier alpha value is -4.78. The largest absolute Gasteiger partial charge is 0.491 e. The molecule has 0 aromatic heterocycles. The second-order valence-electron chi connectivity index (χ2n) is 10.2. The highest BCUT2D eigenvalue weighted by Gasteiger charge is 2.57. The van der Waals surface area contributed by atoms with Gasteiger partial charge in [0, 0.05) is 28.6 Å². The number of benzene rings is 4. The van der Waals surface area contributed by atoms with E-state index in [-0.39, 0.29) is 31.8 Å². The molecule has 0 bridgehead atoms. The van der Waals surface area contributed by atoms with E-state index >= 15 is 0 Å². The first-order chi connectivity index (χ1) is 19.0. The molecule has 7 nitrogen and oxygen atoms in total. The van der Waals surface area contributed by atoms with Gasteiger partial charge in [-0.05, 0) is 54.3 Å². The van der Waals surface area contributed by atoms with E-state index in [1.807, 2.05) is 80.6 Å². The summed E-state index contributed by atoms with van der Waals surface area (Å²) in [5, 5.41) is 3.09. The first-order valence-corrected chi connectivity index (χ1v) is 12.9. The highest BCUT2D eigenvalue weighted by atomic mass is 16.7. The maximum atomic E-state index is 14.4. The zero-order valence-corrected chi connectivity index (χ0v) is 21.6. The fourth-order valence-electron chi connectivity index (χ4n) is 5.96. The van der Waals surface area contributed by atoms with Crippen LogP contribution in [-0.2, 0) is 16.8 Å². The van der Waals surface area contributed by atoms with Gasteiger partial charge in [0.15, 0.2) is 11.5 Å². The summed E-state index contributed by atoms with van der Waals surface area (Å²) in [7, 11) is 0. The van der Waals surface area contributed by atoms with E-state index in [0.717, 1.165) is 39.2 Å². The number of fused-ring (bicyclic) bond motifs is 5. The summed E-state index contributed by atoms with van der Waals surface area (Å²) in [6, 6.07) is 24.8. The van der Waals surface area contributed by atoms with Gasteiger partial charge in [0.25, 0.3) is 5.91 Å². The molecule has 7 rings (SSSR count). The topological polar surface area (TPSA) is 77.1 Å². The lowest BCUT2D eigenvalue weighted by Gasteiger charge is -2.24. The summed E-state index contributed by atoms with van der Waals surface area (Å²) >= 11 is 0. The first kappa shape index (κ1) is 23.3. The zero-order valence-electron chi connectivity index (χ0n) is 21.6. The van der Waals surface area contributed by atoms with Crippen molar-refractivity contribution in [1.29, 1.82) is 0 Å². The van der Waals surface area contributed by atoms with Crippen LogP contribution in [0.1, 0.15) is 38.2 Å². The summed E-state index contributed by atoms with van der Waals surface area (Å²) in [5.41, 5.74) is 5.53. The molecule has 0 aliphatic carbocycles. The number of anilines is 2. The Kier molecular flexibility index (Phi) is 5.17. The molecule has 0 fully saturated rings. The third kappa shape index (κ3) is 3.43. The van der Waals surface area contributed by atoms with E-state index in [1.165, 1.54) is 0 Å². The maximum Gasteiger partial charge on any atom is 0.256 e. The Bertz CT molecular complexity index is 1660. The molecule has 4 aromatic carbocycles. The molecule has 1 N–H and O–H groups in total. The Morgan fingerprint density at radius 1 is 0.846 bits per heavy atom. The quantitative estimate of drug-likeness (QED) is 0.386. The van der Waals surface area contributed by atoms with Gasteiger partial charge < -0.3 is 24.4 Å². The van der Waals surface area contributed by atoms with Gasteiger partial charge in [0.1, 0.15) is 17.8 Å². The second-order valence-corrected chi connectivity index (χ2v) is 10.2. The molecule has 3 aliphatic rings. The number of hydrogen-bond donors (Lipinski definition) is 1. The highest BCUT2D eigenvalue weighted by Crippen LogP contribution is 2.55. The number of ether oxygens (including phenoxy) is 3. The average Bonchev–Trinajstić information content (AvgIpc) is 3.62. The maximum absolute atomic E-state index is 14.4. The molecule has 3 heterocycles. The minimum Gasteiger partial charge on any atom is -0.491 e. The lowest BCUT2D eigenvalue weighted by Crippen LogP contribution is -2.42. The molecule has 7 heteroatoms. The average molecular weight is 519 g/mol. The molecular formula is C32H26N2O5. The van der Waals surface area contributed by atoms with Crippen LogP contribution in [-0.4, -0.2) is 25.2 Å². The van der Waals surface area contributed by atoms with Crippen LogP contribution in [0.5, 0.6) is 17.2 Å². The van der Waals surface area contributed by atoms with E-state index in [4.69, 9.17) is 14.2 Å². The second kappa shape index (κ2) is 8.63. The van der Waals surface area contributed by atoms with Crippen molar-refractivity contribution in [3.05, 3.63) is 112 Å². The lowest BCUT2D eigenvalue weighted by atomic mass is 9.77. The van der Waals surface area contributed by atoms with Gasteiger partial charge >= 0.3 is 0 Å². The third-order valence-corrected chi connectivity index (χ3v) is 7.95. The van der Waals surface area contributed by atoms with Crippen LogP contribution in [0, 0.1) is 13.8 Å². The Balaban J connectivity index is 1.27. The highest BCUT2D eigenvalue weighted by molar-refractivity contribution is 6.12. The van der Waals surface area contributed by atoms with E-state index < -0.39 is 5.41 Å². The SMILES string of the molecule is Cc1cccc(C)c1NC(=O)c1ccccc1CN1C(=O)C2(COc3cc4c(cc32)OCO4)c2ccccc21. The van der Waals surface area contributed by atoms with Gasteiger partial charge in [-0.25, -0.2) is 0 Å². The van der Waals surface area contributed by atoms with Crippen LogP contribution in [0.25, 0.3) is 0 Å². The molecule has 194 valence electrons. The first-order valence-electron chi connectivity index (χ1n) is 12.9. The lowest BCUT2D eigenvalue weighted by molar-refractivity contribution is -0.122. The summed E-state index contributed by atoms with van der Waals surface area (Å²) in [5.74, 6) is 1.55. The molecule has 2 amide bonds. The number of amides is 2. The fourth-order valence-corrected chi connectivity index (χ4v) is 5.96. The summed E-state index contributed by atoms with van der Waals surface area (Å²) in [4.78, 5) is 29.7. The van der Waals surface area contributed by atoms with Gasteiger partial charge in [-0.15, -0.1) is 0 Å². The number of carbonyl (C=O) groups excluding carboxylic acids is 2. The Morgan fingerprint density at radius 2 is 1.56 bits per heavy atom.